The van der Waals surface area contributed by atoms with Crippen molar-refractivity contribution in [1.29, 1.82) is 0 Å². The van der Waals surface area contributed by atoms with E-state index in [9.17, 15) is 0 Å². The average Bonchev–Trinajstić information content (AvgIpc) is 2.48. The van der Waals surface area contributed by atoms with Crippen molar-refractivity contribution in [2.24, 2.45) is 0 Å². The van der Waals surface area contributed by atoms with Crippen molar-refractivity contribution in [2.75, 3.05) is 27.1 Å². The minimum Gasteiger partial charge on any atom is -0.493 e. The van der Waals surface area contributed by atoms with E-state index in [4.69, 9.17) is 31.5 Å². The van der Waals surface area contributed by atoms with Gasteiger partial charge in [0.1, 0.15) is 0 Å². The van der Waals surface area contributed by atoms with E-state index in [1.165, 1.54) is 0 Å². The van der Waals surface area contributed by atoms with Crippen molar-refractivity contribution in [1.82, 2.24) is 0 Å². The lowest BCUT2D eigenvalue weighted by Crippen LogP contribution is -1.97. The Kier molecular flexibility index (Phi) is 4.25. The highest BCUT2D eigenvalue weighted by molar-refractivity contribution is 6.33. The van der Waals surface area contributed by atoms with Crippen molar-refractivity contribution in [3.8, 4) is 28.4 Å². The number of benzene rings is 2. The highest BCUT2D eigenvalue weighted by Gasteiger charge is 2.17. The van der Waals surface area contributed by atoms with Crippen LogP contribution in [0.25, 0.3) is 11.1 Å². The fraction of sp³-hybridized carbons (Fsp3) is 0.200. The Morgan fingerprint density at radius 3 is 2.15 bits per heavy atom. The van der Waals surface area contributed by atoms with E-state index in [1.54, 1.807) is 33.5 Å². The number of ether oxygens (including phenoxy) is 3. The molecule has 2 rings (SSSR count). The van der Waals surface area contributed by atoms with Gasteiger partial charge in [-0.15, -0.1) is 0 Å². The second kappa shape index (κ2) is 5.92. The number of methoxy groups -OCH3 is 3. The molecule has 0 radical (unpaired) electrons. The lowest BCUT2D eigenvalue weighted by Gasteiger charge is -2.16. The van der Waals surface area contributed by atoms with Gasteiger partial charge in [-0.3, -0.25) is 0 Å². The highest BCUT2D eigenvalue weighted by Crippen LogP contribution is 2.44. The molecule has 0 amide bonds. The van der Waals surface area contributed by atoms with E-state index in [0.29, 0.717) is 28.0 Å². The standard InChI is InChI=1S/C15H16ClNO3/c1-18-13-7-5-10(14(19-2)15(13)20-3)9-4-6-12(17)11(16)8-9/h4-8H,17H2,1-3H3. The van der Waals surface area contributed by atoms with E-state index >= 15 is 0 Å². The van der Waals surface area contributed by atoms with Crippen molar-refractivity contribution < 1.29 is 14.2 Å². The number of rotatable bonds is 4. The quantitative estimate of drug-likeness (QED) is 0.875. The average molecular weight is 294 g/mol. The second-order valence-corrected chi connectivity index (χ2v) is 4.53. The minimum atomic E-state index is 0.499. The summed E-state index contributed by atoms with van der Waals surface area (Å²) in [5, 5.41) is 0.499. The first-order valence-electron chi connectivity index (χ1n) is 5.96. The van der Waals surface area contributed by atoms with Crippen LogP contribution < -0.4 is 19.9 Å². The Balaban J connectivity index is 2.64. The number of hydrogen-bond acceptors (Lipinski definition) is 4. The molecule has 2 aromatic rings. The minimum absolute atomic E-state index is 0.499. The summed E-state index contributed by atoms with van der Waals surface area (Å²) in [5.41, 5.74) is 8.01. The van der Waals surface area contributed by atoms with Crippen molar-refractivity contribution in [2.45, 2.75) is 0 Å². The molecule has 5 heteroatoms. The van der Waals surface area contributed by atoms with Crippen LogP contribution in [-0.2, 0) is 0 Å². The van der Waals surface area contributed by atoms with Gasteiger partial charge in [0.25, 0.3) is 0 Å². The maximum absolute atomic E-state index is 6.07. The van der Waals surface area contributed by atoms with Gasteiger partial charge >= 0.3 is 0 Å². The van der Waals surface area contributed by atoms with E-state index < -0.39 is 0 Å². The fourth-order valence-electron chi connectivity index (χ4n) is 2.02. The Hall–Kier alpha value is -2.07. The lowest BCUT2D eigenvalue weighted by molar-refractivity contribution is 0.325. The zero-order valence-corrected chi connectivity index (χ0v) is 12.3. The third kappa shape index (κ3) is 2.47. The summed E-state index contributed by atoms with van der Waals surface area (Å²) in [5.74, 6) is 1.74. The molecule has 106 valence electrons. The molecular weight excluding hydrogens is 278 g/mol. The van der Waals surface area contributed by atoms with Crippen LogP contribution in [0.3, 0.4) is 0 Å². The number of halogens is 1. The van der Waals surface area contributed by atoms with E-state index in [2.05, 4.69) is 0 Å². The van der Waals surface area contributed by atoms with Gasteiger partial charge in [-0.1, -0.05) is 17.7 Å². The molecule has 0 atom stereocenters. The van der Waals surface area contributed by atoms with Crippen LogP contribution in [0.1, 0.15) is 0 Å². The van der Waals surface area contributed by atoms with Gasteiger partial charge in [-0.25, -0.2) is 0 Å². The van der Waals surface area contributed by atoms with Gasteiger partial charge in [0.2, 0.25) is 5.75 Å². The SMILES string of the molecule is COc1ccc(-c2ccc(N)c(Cl)c2)c(OC)c1OC. The second-order valence-electron chi connectivity index (χ2n) is 4.12. The molecule has 4 nitrogen and oxygen atoms in total. The van der Waals surface area contributed by atoms with Crippen LogP contribution in [0.2, 0.25) is 5.02 Å². The van der Waals surface area contributed by atoms with E-state index in [-0.39, 0.29) is 0 Å². The van der Waals surface area contributed by atoms with Crippen LogP contribution in [0.5, 0.6) is 17.2 Å². The van der Waals surface area contributed by atoms with Crippen LogP contribution in [0.15, 0.2) is 30.3 Å². The first kappa shape index (κ1) is 14.3. The smallest absolute Gasteiger partial charge is 0.203 e. The Labute approximate surface area is 123 Å². The highest BCUT2D eigenvalue weighted by atomic mass is 35.5. The molecule has 0 aliphatic rings. The predicted molar refractivity (Wildman–Crippen MR) is 81.0 cm³/mol. The normalized spacial score (nSPS) is 10.2. The number of nitrogens with two attached hydrogens (primary N) is 1. The van der Waals surface area contributed by atoms with Crippen molar-refractivity contribution in [3.05, 3.63) is 35.4 Å². The number of anilines is 1. The topological polar surface area (TPSA) is 53.7 Å². The first-order valence-corrected chi connectivity index (χ1v) is 6.34. The van der Waals surface area contributed by atoms with Crippen LogP contribution in [0.4, 0.5) is 5.69 Å². The summed E-state index contributed by atoms with van der Waals surface area (Å²) < 4.78 is 16.1. The Bertz CT molecular complexity index is 629. The summed E-state index contributed by atoms with van der Waals surface area (Å²) in [7, 11) is 4.73. The molecule has 0 fully saturated rings. The largest absolute Gasteiger partial charge is 0.493 e. The first-order chi connectivity index (χ1) is 9.62. The third-order valence-corrected chi connectivity index (χ3v) is 3.34. The number of nitrogen functional groups attached to an aromatic ring is 1. The molecule has 0 aliphatic heterocycles. The van der Waals surface area contributed by atoms with Gasteiger partial charge in [0.05, 0.1) is 32.0 Å². The molecular formula is C15H16ClNO3. The summed E-state index contributed by atoms with van der Waals surface area (Å²) in [4.78, 5) is 0. The molecule has 20 heavy (non-hydrogen) atoms. The third-order valence-electron chi connectivity index (χ3n) is 3.02. The molecule has 2 N–H and O–H groups in total. The van der Waals surface area contributed by atoms with Gasteiger partial charge in [-0.2, -0.15) is 0 Å². The van der Waals surface area contributed by atoms with Crippen molar-refractivity contribution >= 4 is 17.3 Å². The molecule has 0 bridgehead atoms. The molecule has 2 aromatic carbocycles. The predicted octanol–water partition coefficient (Wildman–Crippen LogP) is 3.62. The number of hydrogen-bond donors (Lipinski definition) is 1. The summed E-state index contributed by atoms with van der Waals surface area (Å²) in [6.07, 6.45) is 0. The summed E-state index contributed by atoms with van der Waals surface area (Å²) in [6, 6.07) is 9.14. The summed E-state index contributed by atoms with van der Waals surface area (Å²) in [6.45, 7) is 0. The molecule has 0 aliphatic carbocycles. The fourth-order valence-corrected chi connectivity index (χ4v) is 2.20. The van der Waals surface area contributed by atoms with Gasteiger partial charge in [0, 0.05) is 5.56 Å². The van der Waals surface area contributed by atoms with Gasteiger partial charge in [0.15, 0.2) is 11.5 Å². The molecule has 0 spiro atoms. The van der Waals surface area contributed by atoms with E-state index in [1.807, 2.05) is 18.2 Å². The Morgan fingerprint density at radius 1 is 0.900 bits per heavy atom. The Morgan fingerprint density at radius 2 is 1.60 bits per heavy atom. The van der Waals surface area contributed by atoms with Crippen molar-refractivity contribution in [3.63, 3.8) is 0 Å². The maximum atomic E-state index is 6.07. The summed E-state index contributed by atoms with van der Waals surface area (Å²) >= 11 is 6.07. The molecule has 0 unspecified atom stereocenters. The van der Waals surface area contributed by atoms with E-state index in [0.717, 1.165) is 11.1 Å². The maximum Gasteiger partial charge on any atom is 0.203 e. The zero-order chi connectivity index (χ0) is 14.7. The van der Waals surface area contributed by atoms with Gasteiger partial charge in [-0.05, 0) is 29.8 Å². The molecule has 0 saturated heterocycles. The lowest BCUT2D eigenvalue weighted by atomic mass is 10.0. The van der Waals surface area contributed by atoms with Crippen LogP contribution >= 0.6 is 11.6 Å². The molecule has 0 saturated carbocycles. The molecule has 0 heterocycles. The van der Waals surface area contributed by atoms with Crippen LogP contribution in [0, 0.1) is 0 Å². The monoisotopic (exact) mass is 293 g/mol. The zero-order valence-electron chi connectivity index (χ0n) is 11.6. The molecule has 0 aromatic heterocycles. The van der Waals surface area contributed by atoms with Crippen LogP contribution in [-0.4, -0.2) is 21.3 Å². The van der Waals surface area contributed by atoms with Gasteiger partial charge < -0.3 is 19.9 Å².